The predicted molar refractivity (Wildman–Crippen MR) is 105 cm³/mol. The largest absolute Gasteiger partial charge is 0.370 e. The first kappa shape index (κ1) is 16.9. The minimum atomic E-state index is 0.0408. The summed E-state index contributed by atoms with van der Waals surface area (Å²) in [6, 6.07) is 13.4. The van der Waals surface area contributed by atoms with E-state index in [2.05, 4.69) is 26.4 Å². The third-order valence-electron chi connectivity index (χ3n) is 4.42. The van der Waals surface area contributed by atoms with Crippen LogP contribution in [0.1, 0.15) is 22.8 Å². The van der Waals surface area contributed by atoms with E-state index in [9.17, 15) is 4.79 Å². The number of benzene rings is 1. The molecule has 0 spiro atoms. The molecule has 6 heteroatoms. The lowest BCUT2D eigenvalue weighted by atomic mass is 10.0. The summed E-state index contributed by atoms with van der Waals surface area (Å²) >= 11 is 0. The summed E-state index contributed by atoms with van der Waals surface area (Å²) in [7, 11) is 0. The summed E-state index contributed by atoms with van der Waals surface area (Å²) in [6.45, 7) is 2.33. The van der Waals surface area contributed by atoms with Crippen molar-refractivity contribution in [3.8, 4) is 11.1 Å². The molecule has 4 rings (SSSR count). The van der Waals surface area contributed by atoms with E-state index in [1.807, 2.05) is 42.6 Å². The van der Waals surface area contributed by atoms with Crippen LogP contribution in [0.15, 0.2) is 67.3 Å². The van der Waals surface area contributed by atoms with Crippen molar-refractivity contribution in [1.29, 1.82) is 0 Å². The number of nitrogens with zero attached hydrogens (tertiary/aromatic N) is 4. The number of anilines is 1. The molecule has 0 saturated carbocycles. The van der Waals surface area contributed by atoms with Gasteiger partial charge in [0.2, 0.25) is 0 Å². The summed E-state index contributed by atoms with van der Waals surface area (Å²) < 4.78 is 1.79. The van der Waals surface area contributed by atoms with Crippen molar-refractivity contribution < 1.29 is 4.79 Å². The van der Waals surface area contributed by atoms with E-state index in [4.69, 9.17) is 0 Å². The number of hydrogen-bond donors (Lipinski definition) is 1. The van der Waals surface area contributed by atoms with Gasteiger partial charge in [0.25, 0.3) is 0 Å². The smallest absolute Gasteiger partial charge is 0.165 e. The Balaban J connectivity index is 1.60. The molecule has 0 atom stereocenters. The summed E-state index contributed by atoms with van der Waals surface area (Å²) in [4.78, 5) is 20.3. The lowest BCUT2D eigenvalue weighted by Crippen LogP contribution is -2.09. The standard InChI is InChI=1S/C21H19N5O/c1-15(27)17-5-2-6-18(12-17)19-14-25-26-20(8-11-24-21(19)26)23-10-7-16-4-3-9-22-13-16/h2-6,8-9,11-14,23H,7,10H2,1H3. The van der Waals surface area contributed by atoms with Gasteiger partial charge in [-0.2, -0.15) is 9.61 Å². The Labute approximate surface area is 156 Å². The van der Waals surface area contributed by atoms with Gasteiger partial charge in [-0.1, -0.05) is 24.3 Å². The summed E-state index contributed by atoms with van der Waals surface area (Å²) in [5, 5.41) is 7.90. The van der Waals surface area contributed by atoms with Crippen LogP contribution < -0.4 is 5.32 Å². The molecule has 0 aliphatic heterocycles. The van der Waals surface area contributed by atoms with E-state index in [0.29, 0.717) is 5.56 Å². The van der Waals surface area contributed by atoms with E-state index in [1.54, 1.807) is 30.0 Å². The van der Waals surface area contributed by atoms with Crippen molar-refractivity contribution in [2.24, 2.45) is 0 Å². The first-order valence-electron chi connectivity index (χ1n) is 8.79. The minimum absolute atomic E-state index is 0.0408. The van der Waals surface area contributed by atoms with Crippen LogP contribution >= 0.6 is 0 Å². The molecule has 6 nitrogen and oxygen atoms in total. The second-order valence-corrected chi connectivity index (χ2v) is 6.30. The van der Waals surface area contributed by atoms with Crippen LogP contribution in [0.3, 0.4) is 0 Å². The predicted octanol–water partition coefficient (Wildman–Crippen LogP) is 3.65. The third kappa shape index (κ3) is 3.55. The van der Waals surface area contributed by atoms with Gasteiger partial charge in [0.1, 0.15) is 5.82 Å². The molecule has 4 aromatic rings. The van der Waals surface area contributed by atoms with Crippen molar-refractivity contribution in [2.45, 2.75) is 13.3 Å². The molecule has 3 aromatic heterocycles. The fraction of sp³-hybridized carbons (Fsp3) is 0.143. The fourth-order valence-corrected chi connectivity index (χ4v) is 3.02. The monoisotopic (exact) mass is 357 g/mol. The normalized spacial score (nSPS) is 10.9. The maximum atomic E-state index is 11.7. The van der Waals surface area contributed by atoms with E-state index in [1.165, 1.54) is 5.56 Å². The molecule has 1 N–H and O–H groups in total. The van der Waals surface area contributed by atoms with Gasteiger partial charge in [-0.25, -0.2) is 4.98 Å². The number of rotatable bonds is 6. The number of pyridine rings is 1. The van der Waals surface area contributed by atoms with Crippen LogP contribution in [-0.4, -0.2) is 31.9 Å². The van der Waals surface area contributed by atoms with Gasteiger partial charge in [0.05, 0.1) is 6.20 Å². The summed E-state index contributed by atoms with van der Waals surface area (Å²) in [6.07, 6.45) is 8.07. The van der Waals surface area contributed by atoms with Crippen LogP contribution in [-0.2, 0) is 6.42 Å². The minimum Gasteiger partial charge on any atom is -0.370 e. The molecular formula is C21H19N5O. The average Bonchev–Trinajstić information content (AvgIpc) is 3.14. The number of fused-ring (bicyclic) bond motifs is 1. The van der Waals surface area contributed by atoms with Gasteiger partial charge < -0.3 is 5.32 Å². The summed E-state index contributed by atoms with van der Waals surface area (Å²) in [5.74, 6) is 0.914. The number of hydrogen-bond acceptors (Lipinski definition) is 5. The van der Waals surface area contributed by atoms with Gasteiger partial charge in [0, 0.05) is 36.3 Å². The zero-order chi connectivity index (χ0) is 18.6. The third-order valence-corrected chi connectivity index (χ3v) is 4.42. The molecule has 1 aromatic carbocycles. The Kier molecular flexibility index (Phi) is 4.61. The van der Waals surface area contributed by atoms with E-state index < -0.39 is 0 Å². The zero-order valence-electron chi connectivity index (χ0n) is 15.0. The van der Waals surface area contributed by atoms with Crippen molar-refractivity contribution in [3.63, 3.8) is 0 Å². The fourth-order valence-electron chi connectivity index (χ4n) is 3.02. The Morgan fingerprint density at radius 3 is 2.85 bits per heavy atom. The highest BCUT2D eigenvalue weighted by Crippen LogP contribution is 2.25. The van der Waals surface area contributed by atoms with E-state index in [0.717, 1.165) is 35.6 Å². The molecule has 134 valence electrons. The second kappa shape index (κ2) is 7.37. The number of carbonyl (C=O) groups excluding carboxylic acids is 1. The number of Topliss-reactive ketones (excluding diaryl/α,β-unsaturated/α-hetero) is 1. The van der Waals surface area contributed by atoms with E-state index >= 15 is 0 Å². The Morgan fingerprint density at radius 2 is 2.04 bits per heavy atom. The molecule has 0 saturated heterocycles. The Bertz CT molecular complexity index is 1090. The van der Waals surface area contributed by atoms with Gasteiger partial charge in [-0.3, -0.25) is 9.78 Å². The number of aromatic nitrogens is 4. The molecule has 0 fully saturated rings. The molecule has 0 unspecified atom stereocenters. The second-order valence-electron chi connectivity index (χ2n) is 6.30. The first-order valence-corrected chi connectivity index (χ1v) is 8.79. The van der Waals surface area contributed by atoms with Crippen LogP contribution in [0.2, 0.25) is 0 Å². The van der Waals surface area contributed by atoms with Crippen LogP contribution in [0, 0.1) is 0 Å². The van der Waals surface area contributed by atoms with Gasteiger partial charge in [-0.15, -0.1) is 0 Å². The number of ketones is 1. The lowest BCUT2D eigenvalue weighted by molar-refractivity contribution is 0.101. The highest BCUT2D eigenvalue weighted by molar-refractivity contribution is 5.95. The van der Waals surface area contributed by atoms with Crippen molar-refractivity contribution in [1.82, 2.24) is 19.6 Å². The Morgan fingerprint density at radius 1 is 1.11 bits per heavy atom. The van der Waals surface area contributed by atoms with E-state index in [-0.39, 0.29) is 5.78 Å². The highest BCUT2D eigenvalue weighted by atomic mass is 16.1. The first-order chi connectivity index (χ1) is 13.2. The lowest BCUT2D eigenvalue weighted by Gasteiger charge is -2.08. The molecule has 0 amide bonds. The van der Waals surface area contributed by atoms with Gasteiger partial charge in [-0.05, 0) is 42.7 Å². The van der Waals surface area contributed by atoms with Gasteiger partial charge in [0.15, 0.2) is 11.4 Å². The average molecular weight is 357 g/mol. The summed E-state index contributed by atoms with van der Waals surface area (Å²) in [5.41, 5.74) is 4.43. The highest BCUT2D eigenvalue weighted by Gasteiger charge is 2.11. The quantitative estimate of drug-likeness (QED) is 0.533. The topological polar surface area (TPSA) is 72.2 Å². The molecule has 0 bridgehead atoms. The van der Waals surface area contributed by atoms with Crippen molar-refractivity contribution >= 4 is 17.2 Å². The maximum Gasteiger partial charge on any atom is 0.165 e. The molecule has 0 radical (unpaired) electrons. The molecular weight excluding hydrogens is 338 g/mol. The Hall–Kier alpha value is -3.54. The van der Waals surface area contributed by atoms with Crippen molar-refractivity contribution in [2.75, 3.05) is 11.9 Å². The van der Waals surface area contributed by atoms with Crippen molar-refractivity contribution in [3.05, 3.63) is 78.4 Å². The van der Waals surface area contributed by atoms with Crippen LogP contribution in [0.25, 0.3) is 16.8 Å². The molecule has 27 heavy (non-hydrogen) atoms. The number of nitrogens with one attached hydrogen (secondary N) is 1. The maximum absolute atomic E-state index is 11.7. The molecule has 0 aliphatic rings. The van der Waals surface area contributed by atoms with Crippen LogP contribution in [0.4, 0.5) is 5.82 Å². The molecule has 3 heterocycles. The molecule has 0 aliphatic carbocycles. The van der Waals surface area contributed by atoms with Gasteiger partial charge >= 0.3 is 0 Å². The number of carbonyl (C=O) groups is 1. The SMILES string of the molecule is CC(=O)c1cccc(-c2cnn3c(NCCc4cccnc4)ccnc23)c1. The zero-order valence-corrected chi connectivity index (χ0v) is 15.0. The van der Waals surface area contributed by atoms with Crippen LogP contribution in [0.5, 0.6) is 0 Å².